The standard InChI is InChI=1S/C36H24ClN3O3/c37-27-16-10-23(11-17-27)12-21-33(41)24-13-18-28(19-14-24)38-36(43)30-9-5-4-8-29(30)35-39-31-20-15-26(22-32(31)40-35)34(42)25-6-2-1-3-7-25/h1-22H,(H,38,43)(H,39,40)/b21-12+. The van der Waals surface area contributed by atoms with E-state index >= 15 is 0 Å². The summed E-state index contributed by atoms with van der Waals surface area (Å²) in [5.41, 5.74) is 5.48. The van der Waals surface area contributed by atoms with Crippen molar-refractivity contribution in [3.8, 4) is 11.4 Å². The second-order valence-electron chi connectivity index (χ2n) is 9.84. The van der Waals surface area contributed by atoms with Crippen LogP contribution in [0, 0.1) is 0 Å². The van der Waals surface area contributed by atoms with Crippen molar-refractivity contribution in [3.63, 3.8) is 0 Å². The molecule has 1 aromatic heterocycles. The highest BCUT2D eigenvalue weighted by molar-refractivity contribution is 6.30. The minimum absolute atomic E-state index is 0.0799. The van der Waals surface area contributed by atoms with Gasteiger partial charge in [-0.2, -0.15) is 0 Å². The minimum atomic E-state index is -0.322. The summed E-state index contributed by atoms with van der Waals surface area (Å²) in [5, 5.41) is 3.54. The van der Waals surface area contributed by atoms with Gasteiger partial charge in [0.05, 0.1) is 16.6 Å². The molecule has 7 heteroatoms. The Morgan fingerprint density at radius 2 is 1.42 bits per heavy atom. The average molecular weight is 582 g/mol. The number of allylic oxidation sites excluding steroid dienone is 1. The molecule has 43 heavy (non-hydrogen) atoms. The zero-order valence-electron chi connectivity index (χ0n) is 22.8. The Balaban J connectivity index is 1.18. The summed E-state index contributed by atoms with van der Waals surface area (Å²) in [4.78, 5) is 46.8. The van der Waals surface area contributed by atoms with Crippen LogP contribution in [0.5, 0.6) is 0 Å². The van der Waals surface area contributed by atoms with Crippen LogP contribution in [0.3, 0.4) is 0 Å². The molecule has 0 atom stereocenters. The zero-order valence-corrected chi connectivity index (χ0v) is 23.5. The fraction of sp³-hybridized carbons (Fsp3) is 0. The van der Waals surface area contributed by atoms with E-state index in [9.17, 15) is 14.4 Å². The molecule has 0 bridgehead atoms. The first-order valence-electron chi connectivity index (χ1n) is 13.5. The molecule has 6 aromatic rings. The van der Waals surface area contributed by atoms with E-state index in [1.807, 2.05) is 42.5 Å². The molecular formula is C36H24ClN3O3. The van der Waals surface area contributed by atoms with Crippen LogP contribution in [0.15, 0.2) is 127 Å². The highest BCUT2D eigenvalue weighted by Crippen LogP contribution is 2.26. The van der Waals surface area contributed by atoms with Crippen molar-refractivity contribution in [1.29, 1.82) is 0 Å². The Labute approximate surface area is 252 Å². The van der Waals surface area contributed by atoms with Gasteiger partial charge in [0.25, 0.3) is 5.91 Å². The fourth-order valence-electron chi connectivity index (χ4n) is 4.68. The van der Waals surface area contributed by atoms with E-state index in [0.717, 1.165) is 5.56 Å². The summed E-state index contributed by atoms with van der Waals surface area (Å²) in [6.45, 7) is 0. The van der Waals surface area contributed by atoms with Gasteiger partial charge in [-0.1, -0.05) is 78.3 Å². The lowest BCUT2D eigenvalue weighted by Gasteiger charge is -2.09. The van der Waals surface area contributed by atoms with E-state index in [4.69, 9.17) is 11.6 Å². The number of hydrogen-bond donors (Lipinski definition) is 2. The summed E-state index contributed by atoms with van der Waals surface area (Å²) < 4.78 is 0. The van der Waals surface area contributed by atoms with Gasteiger partial charge in [0.15, 0.2) is 11.6 Å². The summed E-state index contributed by atoms with van der Waals surface area (Å²) in [7, 11) is 0. The van der Waals surface area contributed by atoms with Crippen LogP contribution in [-0.4, -0.2) is 27.4 Å². The maximum absolute atomic E-state index is 13.3. The van der Waals surface area contributed by atoms with Crippen LogP contribution in [0.4, 0.5) is 5.69 Å². The van der Waals surface area contributed by atoms with Gasteiger partial charge in [0.2, 0.25) is 0 Å². The number of rotatable bonds is 8. The number of H-pyrrole nitrogens is 1. The summed E-state index contributed by atoms with van der Waals surface area (Å²) >= 11 is 5.91. The molecule has 1 amide bonds. The molecule has 0 spiro atoms. The number of ketones is 2. The smallest absolute Gasteiger partial charge is 0.256 e. The Bertz CT molecular complexity index is 1990. The van der Waals surface area contributed by atoms with Crippen molar-refractivity contribution < 1.29 is 14.4 Å². The van der Waals surface area contributed by atoms with Gasteiger partial charge < -0.3 is 10.3 Å². The molecule has 0 aliphatic carbocycles. The van der Waals surface area contributed by atoms with Gasteiger partial charge in [-0.15, -0.1) is 0 Å². The number of fused-ring (bicyclic) bond motifs is 1. The van der Waals surface area contributed by atoms with E-state index in [1.54, 1.807) is 84.9 Å². The average Bonchev–Trinajstić information content (AvgIpc) is 3.48. The predicted molar refractivity (Wildman–Crippen MR) is 171 cm³/mol. The molecule has 0 saturated heterocycles. The minimum Gasteiger partial charge on any atom is -0.338 e. The second kappa shape index (κ2) is 12.1. The highest BCUT2D eigenvalue weighted by atomic mass is 35.5. The Morgan fingerprint density at radius 3 is 2.19 bits per heavy atom. The van der Waals surface area contributed by atoms with Gasteiger partial charge in [0, 0.05) is 33.0 Å². The molecule has 208 valence electrons. The third-order valence-corrected chi connectivity index (χ3v) is 7.18. The lowest BCUT2D eigenvalue weighted by molar-refractivity contribution is 0.102. The number of benzene rings is 5. The van der Waals surface area contributed by atoms with Gasteiger partial charge in [-0.3, -0.25) is 14.4 Å². The molecule has 0 unspecified atom stereocenters. The Kier molecular flexibility index (Phi) is 7.76. The lowest BCUT2D eigenvalue weighted by atomic mass is 10.0. The van der Waals surface area contributed by atoms with Gasteiger partial charge >= 0.3 is 0 Å². The number of aromatic nitrogens is 2. The first-order chi connectivity index (χ1) is 20.9. The fourth-order valence-corrected chi connectivity index (χ4v) is 4.81. The molecule has 6 rings (SSSR count). The summed E-state index contributed by atoms with van der Waals surface area (Å²) in [6.07, 6.45) is 3.23. The van der Waals surface area contributed by atoms with Crippen molar-refractivity contribution >= 4 is 51.9 Å². The third-order valence-electron chi connectivity index (χ3n) is 6.93. The number of carbonyl (C=O) groups is 3. The van der Waals surface area contributed by atoms with E-state index in [0.29, 0.717) is 55.4 Å². The van der Waals surface area contributed by atoms with Crippen LogP contribution in [-0.2, 0) is 0 Å². The van der Waals surface area contributed by atoms with Crippen LogP contribution in [0.25, 0.3) is 28.5 Å². The molecule has 2 N–H and O–H groups in total. The molecule has 5 aromatic carbocycles. The highest BCUT2D eigenvalue weighted by Gasteiger charge is 2.17. The molecule has 0 radical (unpaired) electrons. The normalized spacial score (nSPS) is 11.1. The number of imidazole rings is 1. The summed E-state index contributed by atoms with van der Waals surface area (Å²) in [6, 6.07) is 35.5. The molecule has 0 saturated carbocycles. The number of nitrogens with zero attached hydrogens (tertiary/aromatic N) is 1. The first-order valence-corrected chi connectivity index (χ1v) is 13.9. The summed E-state index contributed by atoms with van der Waals surface area (Å²) in [5.74, 6) is -0.0448. The molecular weight excluding hydrogens is 558 g/mol. The number of anilines is 1. The van der Waals surface area contributed by atoms with E-state index in [-0.39, 0.29) is 17.5 Å². The van der Waals surface area contributed by atoms with Gasteiger partial charge in [-0.25, -0.2) is 4.98 Å². The topological polar surface area (TPSA) is 91.9 Å². The van der Waals surface area contributed by atoms with Crippen molar-refractivity contribution in [2.75, 3.05) is 5.32 Å². The van der Waals surface area contributed by atoms with Crippen molar-refractivity contribution in [2.24, 2.45) is 0 Å². The van der Waals surface area contributed by atoms with E-state index < -0.39 is 0 Å². The Hall–Kier alpha value is -5.59. The maximum Gasteiger partial charge on any atom is 0.256 e. The predicted octanol–water partition coefficient (Wildman–Crippen LogP) is 8.26. The quantitative estimate of drug-likeness (QED) is 0.140. The third kappa shape index (κ3) is 6.20. The number of nitrogens with one attached hydrogen (secondary N) is 2. The number of carbonyl (C=O) groups excluding carboxylic acids is 3. The number of halogens is 1. The molecule has 0 aliphatic heterocycles. The van der Waals surface area contributed by atoms with Crippen LogP contribution in [0.1, 0.15) is 42.2 Å². The second-order valence-corrected chi connectivity index (χ2v) is 10.3. The Morgan fingerprint density at radius 1 is 0.721 bits per heavy atom. The van der Waals surface area contributed by atoms with Crippen molar-refractivity contribution in [3.05, 3.63) is 160 Å². The SMILES string of the molecule is O=C(/C=C/c1ccc(Cl)cc1)c1ccc(NC(=O)c2ccccc2-c2nc3ccc(C(=O)c4ccccc4)cc3[nH]2)cc1. The first kappa shape index (κ1) is 27.6. The van der Waals surface area contributed by atoms with E-state index in [2.05, 4.69) is 15.3 Å². The van der Waals surface area contributed by atoms with Gasteiger partial charge in [0.1, 0.15) is 5.82 Å². The van der Waals surface area contributed by atoms with Crippen LogP contribution >= 0.6 is 11.6 Å². The van der Waals surface area contributed by atoms with Gasteiger partial charge in [-0.05, 0) is 72.3 Å². The number of aromatic amines is 1. The number of hydrogen-bond acceptors (Lipinski definition) is 4. The monoisotopic (exact) mass is 581 g/mol. The lowest BCUT2D eigenvalue weighted by Crippen LogP contribution is -2.13. The van der Waals surface area contributed by atoms with Crippen LogP contribution in [0.2, 0.25) is 5.02 Å². The number of amides is 1. The van der Waals surface area contributed by atoms with E-state index in [1.165, 1.54) is 6.08 Å². The van der Waals surface area contributed by atoms with Crippen LogP contribution < -0.4 is 5.32 Å². The molecule has 0 fully saturated rings. The largest absolute Gasteiger partial charge is 0.338 e. The van der Waals surface area contributed by atoms with Crippen molar-refractivity contribution in [1.82, 2.24) is 9.97 Å². The molecule has 6 nitrogen and oxygen atoms in total. The molecule has 0 aliphatic rings. The van der Waals surface area contributed by atoms with Crippen molar-refractivity contribution in [2.45, 2.75) is 0 Å². The molecule has 1 heterocycles. The maximum atomic E-state index is 13.3. The zero-order chi connectivity index (χ0) is 29.8.